The summed E-state index contributed by atoms with van der Waals surface area (Å²) in [7, 11) is 2.22. The van der Waals surface area contributed by atoms with Crippen LogP contribution in [-0.4, -0.2) is 23.7 Å². The molecule has 18 heavy (non-hydrogen) atoms. The van der Waals surface area contributed by atoms with Gasteiger partial charge in [0.1, 0.15) is 0 Å². The molecule has 94 valence electrons. The molecule has 0 fully saturated rings. The number of thioether (sulfide) groups is 1. The Balaban J connectivity index is 1.56. The van der Waals surface area contributed by atoms with Gasteiger partial charge < -0.3 is 4.90 Å². The zero-order valence-electron chi connectivity index (χ0n) is 10.5. The quantitative estimate of drug-likeness (QED) is 0.832. The lowest BCUT2D eigenvalue weighted by Crippen LogP contribution is -2.26. The van der Waals surface area contributed by atoms with Crippen LogP contribution in [0.3, 0.4) is 0 Å². The van der Waals surface area contributed by atoms with Crippen molar-refractivity contribution in [2.45, 2.75) is 23.1 Å². The van der Waals surface area contributed by atoms with Gasteiger partial charge in [-0.15, -0.1) is 11.8 Å². The summed E-state index contributed by atoms with van der Waals surface area (Å²) in [6.45, 7) is 2.23. The van der Waals surface area contributed by atoms with E-state index in [0.717, 1.165) is 13.1 Å². The predicted octanol–water partition coefficient (Wildman–Crippen LogP) is 3.90. The molecule has 1 unspecified atom stereocenters. The third kappa shape index (κ3) is 2.79. The van der Waals surface area contributed by atoms with E-state index >= 15 is 0 Å². The normalized spacial score (nSPS) is 18.2. The van der Waals surface area contributed by atoms with Crippen LogP contribution in [0.25, 0.3) is 0 Å². The Morgan fingerprint density at radius 2 is 2.17 bits per heavy atom. The minimum absolute atomic E-state index is 0.714. The first kappa shape index (κ1) is 12.3. The second-order valence-electron chi connectivity index (χ2n) is 4.88. The van der Waals surface area contributed by atoms with Crippen molar-refractivity contribution in [2.75, 3.05) is 13.6 Å². The maximum atomic E-state index is 2.44. The summed E-state index contributed by atoms with van der Waals surface area (Å²) in [5.74, 6) is 0. The Kier molecular flexibility index (Phi) is 3.73. The highest BCUT2D eigenvalue weighted by Gasteiger charge is 2.22. The van der Waals surface area contributed by atoms with Gasteiger partial charge in [0.2, 0.25) is 0 Å². The fraction of sp³-hybridized carbons (Fsp3) is 0.333. The average molecular weight is 275 g/mol. The van der Waals surface area contributed by atoms with Gasteiger partial charge in [0.05, 0.1) is 0 Å². The van der Waals surface area contributed by atoms with Crippen LogP contribution in [0.15, 0.2) is 46.0 Å². The molecule has 0 radical (unpaired) electrons. The minimum Gasteiger partial charge on any atom is -0.301 e. The van der Waals surface area contributed by atoms with Crippen LogP contribution in [0.4, 0.5) is 0 Å². The van der Waals surface area contributed by atoms with Crippen molar-refractivity contribution in [1.82, 2.24) is 4.90 Å². The van der Waals surface area contributed by atoms with Crippen LogP contribution < -0.4 is 0 Å². The van der Waals surface area contributed by atoms with E-state index in [4.69, 9.17) is 0 Å². The monoisotopic (exact) mass is 275 g/mol. The Morgan fingerprint density at radius 3 is 2.94 bits per heavy atom. The van der Waals surface area contributed by atoms with Crippen molar-refractivity contribution in [3.05, 3.63) is 52.2 Å². The van der Waals surface area contributed by atoms with E-state index < -0.39 is 0 Å². The average Bonchev–Trinajstić information content (AvgIpc) is 2.96. The van der Waals surface area contributed by atoms with Crippen LogP contribution in [0.1, 0.15) is 11.1 Å². The van der Waals surface area contributed by atoms with Gasteiger partial charge in [-0.05, 0) is 47.5 Å². The molecule has 2 aromatic rings. The molecule has 0 spiro atoms. The first-order chi connectivity index (χ1) is 8.81. The van der Waals surface area contributed by atoms with Gasteiger partial charge in [0, 0.05) is 23.2 Å². The number of thiophene rings is 1. The van der Waals surface area contributed by atoms with Crippen molar-refractivity contribution in [3.8, 4) is 0 Å². The molecule has 3 rings (SSSR count). The van der Waals surface area contributed by atoms with Crippen molar-refractivity contribution < 1.29 is 0 Å². The maximum absolute atomic E-state index is 2.44. The second-order valence-corrected chi connectivity index (χ2v) is 7.00. The Labute approximate surface area is 117 Å². The zero-order chi connectivity index (χ0) is 12.4. The molecular weight excluding hydrogens is 258 g/mol. The largest absolute Gasteiger partial charge is 0.301 e. The maximum Gasteiger partial charge on any atom is 0.0263 e. The number of hydrogen-bond donors (Lipinski definition) is 0. The number of benzene rings is 1. The fourth-order valence-corrected chi connectivity index (χ4v) is 4.53. The topological polar surface area (TPSA) is 3.24 Å². The molecule has 2 heterocycles. The molecule has 1 aromatic carbocycles. The summed E-state index contributed by atoms with van der Waals surface area (Å²) in [6.07, 6.45) is 1.22. The summed E-state index contributed by atoms with van der Waals surface area (Å²) in [5.41, 5.74) is 2.96. The molecule has 0 amide bonds. The summed E-state index contributed by atoms with van der Waals surface area (Å²) in [5, 5.41) is 5.11. The Bertz CT molecular complexity index is 482. The highest BCUT2D eigenvalue weighted by atomic mass is 32.2. The molecule has 1 aliphatic heterocycles. The van der Waals surface area contributed by atoms with Crippen molar-refractivity contribution >= 4 is 23.1 Å². The molecule has 1 aliphatic rings. The third-order valence-corrected chi connectivity index (χ3v) is 5.30. The van der Waals surface area contributed by atoms with Crippen LogP contribution >= 0.6 is 23.1 Å². The molecule has 1 nitrogen and oxygen atoms in total. The van der Waals surface area contributed by atoms with Gasteiger partial charge in [0.25, 0.3) is 0 Å². The fourth-order valence-electron chi connectivity index (χ4n) is 2.46. The van der Waals surface area contributed by atoms with Gasteiger partial charge in [-0.3, -0.25) is 0 Å². The second kappa shape index (κ2) is 5.47. The summed E-state index contributed by atoms with van der Waals surface area (Å²) < 4.78 is 0. The van der Waals surface area contributed by atoms with Gasteiger partial charge in [0.15, 0.2) is 0 Å². The third-order valence-electron chi connectivity index (χ3n) is 3.26. The van der Waals surface area contributed by atoms with Crippen LogP contribution in [0.5, 0.6) is 0 Å². The van der Waals surface area contributed by atoms with E-state index in [1.807, 2.05) is 11.8 Å². The van der Waals surface area contributed by atoms with Gasteiger partial charge >= 0.3 is 0 Å². The van der Waals surface area contributed by atoms with E-state index in [1.54, 1.807) is 11.3 Å². The molecule has 0 bridgehead atoms. The molecule has 0 N–H and O–H groups in total. The van der Waals surface area contributed by atoms with E-state index in [-0.39, 0.29) is 0 Å². The number of fused-ring (bicyclic) bond motifs is 1. The molecule has 0 saturated heterocycles. The van der Waals surface area contributed by atoms with E-state index in [9.17, 15) is 0 Å². The van der Waals surface area contributed by atoms with Gasteiger partial charge in [-0.1, -0.05) is 18.2 Å². The smallest absolute Gasteiger partial charge is 0.0263 e. The summed E-state index contributed by atoms with van der Waals surface area (Å²) in [6, 6.07) is 11.0. The van der Waals surface area contributed by atoms with Gasteiger partial charge in [-0.2, -0.15) is 11.3 Å². The molecule has 0 saturated carbocycles. The number of hydrogen-bond acceptors (Lipinski definition) is 3. The molecule has 1 atom stereocenters. The number of rotatable bonds is 4. The van der Waals surface area contributed by atoms with Crippen LogP contribution in [0.2, 0.25) is 0 Å². The van der Waals surface area contributed by atoms with Crippen molar-refractivity contribution in [3.63, 3.8) is 0 Å². The number of nitrogens with zero attached hydrogens (tertiary/aromatic N) is 1. The lowest BCUT2D eigenvalue weighted by atomic mass is 10.1. The van der Waals surface area contributed by atoms with Crippen LogP contribution in [-0.2, 0) is 13.0 Å². The van der Waals surface area contributed by atoms with E-state index in [0.29, 0.717) is 5.25 Å². The molecule has 1 aromatic heterocycles. The lowest BCUT2D eigenvalue weighted by molar-refractivity contribution is 0.328. The first-order valence-electron chi connectivity index (χ1n) is 6.25. The van der Waals surface area contributed by atoms with E-state index in [1.165, 1.54) is 22.4 Å². The van der Waals surface area contributed by atoms with Crippen molar-refractivity contribution in [2.24, 2.45) is 0 Å². The Morgan fingerprint density at radius 1 is 1.28 bits per heavy atom. The molecule has 0 aliphatic carbocycles. The first-order valence-corrected chi connectivity index (χ1v) is 8.07. The summed E-state index contributed by atoms with van der Waals surface area (Å²) in [4.78, 5) is 3.91. The Hall–Kier alpha value is -0.770. The molecular formula is C15H17NS2. The molecule has 3 heteroatoms. The predicted molar refractivity (Wildman–Crippen MR) is 80.4 cm³/mol. The highest BCUT2D eigenvalue weighted by Crippen LogP contribution is 2.37. The van der Waals surface area contributed by atoms with E-state index in [2.05, 4.69) is 53.0 Å². The standard InChI is InChI=1S/C15H17NS2/c1-16(9-12-6-7-17-11-12)10-14-8-13-4-2-3-5-15(13)18-14/h2-7,11,14H,8-10H2,1H3. The van der Waals surface area contributed by atoms with Crippen LogP contribution in [0, 0.1) is 0 Å². The summed E-state index contributed by atoms with van der Waals surface area (Å²) >= 11 is 3.82. The zero-order valence-corrected chi connectivity index (χ0v) is 12.1. The van der Waals surface area contributed by atoms with Crippen molar-refractivity contribution in [1.29, 1.82) is 0 Å². The SMILES string of the molecule is CN(Cc1ccsc1)CC1Cc2ccccc2S1. The van der Waals surface area contributed by atoms with Gasteiger partial charge in [-0.25, -0.2) is 0 Å². The minimum atomic E-state index is 0.714. The lowest BCUT2D eigenvalue weighted by Gasteiger charge is -2.19. The highest BCUT2D eigenvalue weighted by molar-refractivity contribution is 8.00.